The van der Waals surface area contributed by atoms with Gasteiger partial charge >= 0.3 is 0 Å². The second kappa shape index (κ2) is 4.14. The van der Waals surface area contributed by atoms with Crippen LogP contribution in [-0.4, -0.2) is 9.55 Å². The van der Waals surface area contributed by atoms with Crippen LogP contribution in [0.1, 0.15) is 32.2 Å². The van der Waals surface area contributed by atoms with Gasteiger partial charge in [0.05, 0.1) is 16.1 Å². The van der Waals surface area contributed by atoms with Crippen LogP contribution in [0.15, 0.2) is 18.2 Å². The number of imidazole rings is 1. The SMILES string of the molecule is CC1CCCC1n1c(=S)[nH]c2cccc(Cl)c21. The standard InChI is InChI=1S/C13H15ClN2S/c1-8-4-2-7-11(8)16-12-9(14)5-3-6-10(12)15-13(16)17/h3,5-6,8,11H,2,4,7H2,1H3,(H,15,17). The summed E-state index contributed by atoms with van der Waals surface area (Å²) < 4.78 is 3.02. The topological polar surface area (TPSA) is 20.7 Å². The van der Waals surface area contributed by atoms with E-state index in [2.05, 4.69) is 16.5 Å². The van der Waals surface area contributed by atoms with Gasteiger partial charge in [-0.1, -0.05) is 31.0 Å². The van der Waals surface area contributed by atoms with Crippen LogP contribution >= 0.6 is 23.8 Å². The molecule has 2 nitrogen and oxygen atoms in total. The van der Waals surface area contributed by atoms with E-state index < -0.39 is 0 Å². The minimum atomic E-state index is 0.496. The van der Waals surface area contributed by atoms with Crippen molar-refractivity contribution in [3.05, 3.63) is 28.0 Å². The van der Waals surface area contributed by atoms with Gasteiger partial charge in [-0.25, -0.2) is 0 Å². The summed E-state index contributed by atoms with van der Waals surface area (Å²) in [6, 6.07) is 6.42. The molecule has 2 aromatic rings. The molecular weight excluding hydrogens is 252 g/mol. The summed E-state index contributed by atoms with van der Waals surface area (Å²) in [5.74, 6) is 0.678. The fourth-order valence-corrected chi connectivity index (χ4v) is 3.57. The van der Waals surface area contributed by atoms with E-state index in [1.165, 1.54) is 19.3 Å². The van der Waals surface area contributed by atoms with E-state index in [0.717, 1.165) is 20.8 Å². The third kappa shape index (κ3) is 1.72. The largest absolute Gasteiger partial charge is 0.331 e. The average Bonchev–Trinajstić information content (AvgIpc) is 2.82. The quantitative estimate of drug-likeness (QED) is 0.741. The first-order valence-corrected chi connectivity index (χ1v) is 6.86. The summed E-state index contributed by atoms with van der Waals surface area (Å²) in [6.07, 6.45) is 3.77. The molecule has 2 unspecified atom stereocenters. The van der Waals surface area contributed by atoms with Gasteiger partial charge in [0.1, 0.15) is 0 Å². The molecule has 1 aromatic carbocycles. The van der Waals surface area contributed by atoms with E-state index in [1.54, 1.807) is 0 Å². The van der Waals surface area contributed by atoms with Crippen molar-refractivity contribution < 1.29 is 0 Å². The Bertz CT molecular complexity index is 613. The highest BCUT2D eigenvalue weighted by Gasteiger charge is 2.27. The molecule has 0 radical (unpaired) electrons. The van der Waals surface area contributed by atoms with Crippen LogP contribution < -0.4 is 0 Å². The fourth-order valence-electron chi connectivity index (χ4n) is 2.96. The highest BCUT2D eigenvalue weighted by molar-refractivity contribution is 7.71. The molecule has 1 fully saturated rings. The summed E-state index contributed by atoms with van der Waals surface area (Å²) in [7, 11) is 0. The first-order valence-electron chi connectivity index (χ1n) is 6.07. The molecule has 0 aliphatic heterocycles. The fraction of sp³-hybridized carbons (Fsp3) is 0.462. The summed E-state index contributed by atoms with van der Waals surface area (Å²) in [4.78, 5) is 3.26. The van der Waals surface area contributed by atoms with Crippen molar-refractivity contribution in [2.24, 2.45) is 5.92 Å². The van der Waals surface area contributed by atoms with Gasteiger partial charge in [-0.3, -0.25) is 0 Å². The van der Waals surface area contributed by atoms with Crippen LogP contribution in [0.3, 0.4) is 0 Å². The maximum absolute atomic E-state index is 6.31. The second-order valence-corrected chi connectivity index (χ2v) is 5.71. The van der Waals surface area contributed by atoms with Crippen molar-refractivity contribution in [1.29, 1.82) is 0 Å². The minimum Gasteiger partial charge on any atom is -0.331 e. The average molecular weight is 267 g/mol. The number of fused-ring (bicyclic) bond motifs is 1. The number of nitrogens with one attached hydrogen (secondary N) is 1. The Morgan fingerprint density at radius 2 is 2.24 bits per heavy atom. The summed E-state index contributed by atoms with van der Waals surface area (Å²) in [5, 5.41) is 0.786. The minimum absolute atomic E-state index is 0.496. The Hall–Kier alpha value is -0.800. The number of halogens is 1. The maximum atomic E-state index is 6.31. The normalized spacial score (nSPS) is 24.6. The van der Waals surface area contributed by atoms with Gasteiger partial charge in [0.25, 0.3) is 0 Å². The van der Waals surface area contributed by atoms with Gasteiger partial charge in [-0.15, -0.1) is 0 Å². The van der Waals surface area contributed by atoms with Crippen molar-refractivity contribution >= 4 is 34.9 Å². The highest BCUT2D eigenvalue weighted by atomic mass is 35.5. The van der Waals surface area contributed by atoms with Crippen LogP contribution in [-0.2, 0) is 0 Å². The number of hydrogen-bond donors (Lipinski definition) is 1. The molecule has 90 valence electrons. The summed E-state index contributed by atoms with van der Waals surface area (Å²) in [5.41, 5.74) is 2.11. The molecule has 2 atom stereocenters. The molecule has 1 heterocycles. The van der Waals surface area contributed by atoms with E-state index in [4.69, 9.17) is 23.8 Å². The van der Waals surface area contributed by atoms with Crippen LogP contribution in [0.2, 0.25) is 5.02 Å². The van der Waals surface area contributed by atoms with Crippen molar-refractivity contribution in [2.45, 2.75) is 32.2 Å². The second-order valence-electron chi connectivity index (χ2n) is 4.91. The van der Waals surface area contributed by atoms with Gasteiger partial charge in [-0.05, 0) is 43.1 Å². The maximum Gasteiger partial charge on any atom is 0.178 e. The third-order valence-corrected chi connectivity index (χ3v) is 4.44. The molecule has 0 spiro atoms. The van der Waals surface area contributed by atoms with Crippen molar-refractivity contribution in [3.63, 3.8) is 0 Å². The molecule has 0 bridgehead atoms. The molecule has 1 aliphatic rings. The van der Waals surface area contributed by atoms with Gasteiger partial charge in [0, 0.05) is 6.04 Å². The smallest absolute Gasteiger partial charge is 0.178 e. The number of benzene rings is 1. The number of nitrogens with zero attached hydrogens (tertiary/aromatic N) is 1. The molecule has 1 aromatic heterocycles. The van der Waals surface area contributed by atoms with Gasteiger partial charge in [0.15, 0.2) is 4.77 Å². The van der Waals surface area contributed by atoms with Crippen LogP contribution in [0.25, 0.3) is 11.0 Å². The Morgan fingerprint density at radius 1 is 1.41 bits per heavy atom. The van der Waals surface area contributed by atoms with Crippen molar-refractivity contribution in [2.75, 3.05) is 0 Å². The van der Waals surface area contributed by atoms with E-state index in [9.17, 15) is 0 Å². The molecule has 3 rings (SSSR count). The molecule has 1 saturated carbocycles. The van der Waals surface area contributed by atoms with Crippen LogP contribution in [0, 0.1) is 10.7 Å². The molecule has 0 saturated heterocycles. The lowest BCUT2D eigenvalue weighted by atomic mass is 10.1. The predicted octanol–water partition coefficient (Wildman–Crippen LogP) is 4.71. The molecule has 1 N–H and O–H groups in total. The number of rotatable bonds is 1. The third-order valence-electron chi connectivity index (χ3n) is 3.84. The van der Waals surface area contributed by atoms with Gasteiger partial charge in [0.2, 0.25) is 0 Å². The zero-order valence-corrected chi connectivity index (χ0v) is 11.3. The van der Waals surface area contributed by atoms with E-state index >= 15 is 0 Å². The van der Waals surface area contributed by atoms with Crippen LogP contribution in [0.5, 0.6) is 0 Å². The number of aromatic nitrogens is 2. The lowest BCUT2D eigenvalue weighted by molar-refractivity contribution is 0.413. The summed E-state index contributed by atoms with van der Waals surface area (Å²) >= 11 is 11.8. The van der Waals surface area contributed by atoms with Gasteiger partial charge < -0.3 is 9.55 Å². The highest BCUT2D eigenvalue weighted by Crippen LogP contribution is 2.38. The molecule has 1 aliphatic carbocycles. The Kier molecular flexibility index (Phi) is 2.75. The summed E-state index contributed by atoms with van der Waals surface area (Å²) in [6.45, 7) is 2.30. The lowest BCUT2D eigenvalue weighted by Gasteiger charge is -2.18. The Morgan fingerprint density at radius 3 is 2.94 bits per heavy atom. The van der Waals surface area contributed by atoms with Crippen molar-refractivity contribution in [1.82, 2.24) is 9.55 Å². The predicted molar refractivity (Wildman–Crippen MR) is 74.2 cm³/mol. The number of para-hydroxylation sites is 1. The molecular formula is C13H15ClN2S. The van der Waals surface area contributed by atoms with Crippen LogP contribution in [0.4, 0.5) is 0 Å². The number of aromatic amines is 1. The van der Waals surface area contributed by atoms with E-state index in [-0.39, 0.29) is 0 Å². The van der Waals surface area contributed by atoms with Gasteiger partial charge in [-0.2, -0.15) is 0 Å². The van der Waals surface area contributed by atoms with Crippen molar-refractivity contribution in [3.8, 4) is 0 Å². The number of H-pyrrole nitrogens is 1. The molecule has 17 heavy (non-hydrogen) atoms. The Balaban J connectivity index is 2.28. The first-order chi connectivity index (χ1) is 8.18. The monoisotopic (exact) mass is 266 g/mol. The van der Waals surface area contributed by atoms with E-state index in [0.29, 0.717) is 12.0 Å². The zero-order chi connectivity index (χ0) is 12.0. The molecule has 0 amide bonds. The first kappa shape index (κ1) is 11.3. The number of hydrogen-bond acceptors (Lipinski definition) is 1. The molecule has 4 heteroatoms. The van der Waals surface area contributed by atoms with E-state index in [1.807, 2.05) is 18.2 Å². The zero-order valence-electron chi connectivity index (χ0n) is 9.74. The Labute approximate surface area is 111 Å². The lowest BCUT2D eigenvalue weighted by Crippen LogP contribution is -2.11.